The van der Waals surface area contributed by atoms with E-state index in [4.69, 9.17) is 0 Å². The van der Waals surface area contributed by atoms with E-state index in [1.807, 2.05) is 6.07 Å². The number of aromatic hydroxyl groups is 1. The Bertz CT molecular complexity index is 518. The van der Waals surface area contributed by atoms with Crippen molar-refractivity contribution < 1.29 is 5.11 Å². The summed E-state index contributed by atoms with van der Waals surface area (Å²) in [6.45, 7) is 0. The average molecular weight is 214 g/mol. The zero-order valence-corrected chi connectivity index (χ0v) is 9.06. The Labute approximate surface area is 94.2 Å². The lowest BCUT2D eigenvalue weighted by Crippen LogP contribution is -1.96. The third-order valence-corrected chi connectivity index (χ3v) is 3.46. The fourth-order valence-corrected chi connectivity index (χ4v) is 2.68. The number of phenols is 1. The largest absolute Gasteiger partial charge is 0.508 e. The highest BCUT2D eigenvalue weighted by Crippen LogP contribution is 2.41. The molecule has 3 nitrogen and oxygen atoms in total. The molecular weight excluding hydrogens is 200 g/mol. The number of hydrogen-bond acceptors (Lipinski definition) is 3. The van der Waals surface area contributed by atoms with Gasteiger partial charge in [0.2, 0.25) is 0 Å². The number of phenolic OH excluding ortho intramolecular Hbond substituents is 1. The van der Waals surface area contributed by atoms with E-state index in [9.17, 15) is 5.11 Å². The minimum absolute atomic E-state index is 0.387. The number of nitrogens with zero attached hydrogens (tertiary/aromatic N) is 2. The Kier molecular flexibility index (Phi) is 2.24. The van der Waals surface area contributed by atoms with Gasteiger partial charge in [0.25, 0.3) is 0 Å². The van der Waals surface area contributed by atoms with Gasteiger partial charge < -0.3 is 5.11 Å². The standard InChI is InChI=1S/C13H14N2O/c16-11-6-5-10-7-14-8-15-13(10)12(11)9-3-1-2-4-9/h5-9,16H,1-4H2. The molecule has 0 spiro atoms. The molecule has 3 rings (SSSR count). The van der Waals surface area contributed by atoms with Crippen LogP contribution in [0.4, 0.5) is 0 Å². The van der Waals surface area contributed by atoms with E-state index in [1.54, 1.807) is 18.6 Å². The summed E-state index contributed by atoms with van der Waals surface area (Å²) >= 11 is 0. The van der Waals surface area contributed by atoms with Crippen LogP contribution in [0, 0.1) is 0 Å². The van der Waals surface area contributed by atoms with Gasteiger partial charge in [-0.3, -0.25) is 0 Å². The molecule has 82 valence electrons. The van der Waals surface area contributed by atoms with Gasteiger partial charge in [-0.15, -0.1) is 0 Å². The van der Waals surface area contributed by atoms with Crippen molar-refractivity contribution in [1.29, 1.82) is 0 Å². The van der Waals surface area contributed by atoms with Crippen LogP contribution in [-0.2, 0) is 0 Å². The minimum atomic E-state index is 0.387. The summed E-state index contributed by atoms with van der Waals surface area (Å²) in [6.07, 6.45) is 8.20. The molecule has 0 saturated heterocycles. The molecule has 0 radical (unpaired) electrons. The summed E-state index contributed by atoms with van der Waals surface area (Å²) in [5.74, 6) is 0.858. The van der Waals surface area contributed by atoms with E-state index in [-0.39, 0.29) is 0 Å². The molecule has 1 fully saturated rings. The molecule has 3 heteroatoms. The smallest absolute Gasteiger partial charge is 0.121 e. The van der Waals surface area contributed by atoms with E-state index in [0.717, 1.165) is 29.3 Å². The molecule has 1 aromatic heterocycles. The summed E-state index contributed by atoms with van der Waals surface area (Å²) in [4.78, 5) is 8.33. The van der Waals surface area contributed by atoms with Crippen molar-refractivity contribution in [3.63, 3.8) is 0 Å². The molecule has 1 aliphatic carbocycles. The van der Waals surface area contributed by atoms with Gasteiger partial charge in [0.05, 0.1) is 5.52 Å². The maximum atomic E-state index is 10.0. The summed E-state index contributed by atoms with van der Waals surface area (Å²) in [5, 5.41) is 11.0. The number of rotatable bonds is 1. The molecule has 0 atom stereocenters. The highest BCUT2D eigenvalue weighted by Gasteiger charge is 2.22. The van der Waals surface area contributed by atoms with Gasteiger partial charge in [0, 0.05) is 17.1 Å². The quantitative estimate of drug-likeness (QED) is 0.793. The first-order chi connectivity index (χ1) is 7.86. The molecule has 0 amide bonds. The lowest BCUT2D eigenvalue weighted by Gasteiger charge is -2.13. The topological polar surface area (TPSA) is 46.0 Å². The van der Waals surface area contributed by atoms with Gasteiger partial charge in [-0.05, 0) is 30.9 Å². The molecule has 1 heterocycles. The van der Waals surface area contributed by atoms with Gasteiger partial charge in [0.15, 0.2) is 0 Å². The van der Waals surface area contributed by atoms with E-state index < -0.39 is 0 Å². The minimum Gasteiger partial charge on any atom is -0.508 e. The van der Waals surface area contributed by atoms with Crippen LogP contribution in [0.5, 0.6) is 5.75 Å². The van der Waals surface area contributed by atoms with Crippen LogP contribution < -0.4 is 0 Å². The first kappa shape index (κ1) is 9.58. The Morgan fingerprint density at radius 2 is 2.00 bits per heavy atom. The van der Waals surface area contributed by atoms with Crippen LogP contribution in [0.25, 0.3) is 10.9 Å². The van der Waals surface area contributed by atoms with Crippen molar-refractivity contribution in [3.05, 3.63) is 30.2 Å². The fourth-order valence-electron chi connectivity index (χ4n) is 2.68. The molecular formula is C13H14N2O. The normalized spacial score (nSPS) is 17.0. The van der Waals surface area contributed by atoms with Gasteiger partial charge in [-0.2, -0.15) is 0 Å². The van der Waals surface area contributed by atoms with E-state index in [1.165, 1.54) is 12.8 Å². The second kappa shape index (κ2) is 3.74. The fraction of sp³-hybridized carbons (Fsp3) is 0.385. The molecule has 1 aliphatic rings. The highest BCUT2D eigenvalue weighted by atomic mass is 16.3. The third kappa shape index (κ3) is 1.43. The van der Waals surface area contributed by atoms with Crippen LogP contribution in [0.1, 0.15) is 37.2 Å². The van der Waals surface area contributed by atoms with Gasteiger partial charge >= 0.3 is 0 Å². The lowest BCUT2D eigenvalue weighted by molar-refractivity contribution is 0.462. The Hall–Kier alpha value is -1.64. The lowest BCUT2D eigenvalue weighted by atomic mass is 9.94. The summed E-state index contributed by atoms with van der Waals surface area (Å²) in [5.41, 5.74) is 1.94. The van der Waals surface area contributed by atoms with Gasteiger partial charge in [-0.1, -0.05) is 12.8 Å². The number of hydrogen-bond donors (Lipinski definition) is 1. The number of aromatic nitrogens is 2. The van der Waals surface area contributed by atoms with Crippen molar-refractivity contribution in [2.24, 2.45) is 0 Å². The maximum absolute atomic E-state index is 10.0. The van der Waals surface area contributed by atoms with E-state index >= 15 is 0 Å². The van der Waals surface area contributed by atoms with Crippen LogP contribution in [0.15, 0.2) is 24.7 Å². The zero-order valence-electron chi connectivity index (χ0n) is 9.06. The average Bonchev–Trinajstić information content (AvgIpc) is 2.82. The number of benzene rings is 1. The molecule has 1 saturated carbocycles. The van der Waals surface area contributed by atoms with Crippen molar-refractivity contribution in [3.8, 4) is 5.75 Å². The van der Waals surface area contributed by atoms with Gasteiger partial charge in [-0.25, -0.2) is 9.97 Å². The summed E-state index contributed by atoms with van der Waals surface area (Å²) in [6, 6.07) is 3.64. The SMILES string of the molecule is Oc1ccc2cncnc2c1C1CCCC1. The van der Waals surface area contributed by atoms with E-state index in [0.29, 0.717) is 11.7 Å². The number of fused-ring (bicyclic) bond motifs is 1. The Balaban J connectivity index is 2.23. The molecule has 0 aliphatic heterocycles. The maximum Gasteiger partial charge on any atom is 0.121 e. The monoisotopic (exact) mass is 214 g/mol. The molecule has 0 unspecified atom stereocenters. The van der Waals surface area contributed by atoms with Crippen LogP contribution in [0.2, 0.25) is 0 Å². The first-order valence-electron chi connectivity index (χ1n) is 5.78. The van der Waals surface area contributed by atoms with Crippen molar-refractivity contribution >= 4 is 10.9 Å². The molecule has 1 N–H and O–H groups in total. The second-order valence-corrected chi connectivity index (χ2v) is 4.44. The molecule has 16 heavy (non-hydrogen) atoms. The Morgan fingerprint density at radius 3 is 2.81 bits per heavy atom. The molecule has 2 aromatic rings. The first-order valence-corrected chi connectivity index (χ1v) is 5.78. The van der Waals surface area contributed by atoms with Crippen molar-refractivity contribution in [1.82, 2.24) is 9.97 Å². The van der Waals surface area contributed by atoms with Crippen LogP contribution >= 0.6 is 0 Å². The predicted molar refractivity (Wildman–Crippen MR) is 62.4 cm³/mol. The highest BCUT2D eigenvalue weighted by molar-refractivity contribution is 5.83. The van der Waals surface area contributed by atoms with Crippen LogP contribution in [0.3, 0.4) is 0 Å². The van der Waals surface area contributed by atoms with Crippen LogP contribution in [-0.4, -0.2) is 15.1 Å². The van der Waals surface area contributed by atoms with Crippen molar-refractivity contribution in [2.75, 3.05) is 0 Å². The van der Waals surface area contributed by atoms with Gasteiger partial charge in [0.1, 0.15) is 12.1 Å². The zero-order chi connectivity index (χ0) is 11.0. The second-order valence-electron chi connectivity index (χ2n) is 4.44. The summed E-state index contributed by atoms with van der Waals surface area (Å²) < 4.78 is 0. The predicted octanol–water partition coefficient (Wildman–Crippen LogP) is 2.99. The Morgan fingerprint density at radius 1 is 1.19 bits per heavy atom. The van der Waals surface area contributed by atoms with E-state index in [2.05, 4.69) is 9.97 Å². The molecule has 0 bridgehead atoms. The summed E-state index contributed by atoms with van der Waals surface area (Å²) in [7, 11) is 0. The van der Waals surface area contributed by atoms with Crippen molar-refractivity contribution in [2.45, 2.75) is 31.6 Å². The molecule has 1 aromatic carbocycles. The third-order valence-electron chi connectivity index (χ3n) is 3.46.